The van der Waals surface area contributed by atoms with Gasteiger partial charge in [-0.1, -0.05) is 0 Å². The number of amides is 2. The van der Waals surface area contributed by atoms with Crippen molar-refractivity contribution in [3.05, 3.63) is 54.0 Å². The Kier molecular flexibility index (Phi) is 4.63. The molecule has 0 radical (unpaired) electrons. The maximum atomic E-state index is 12.5. The van der Waals surface area contributed by atoms with Crippen molar-refractivity contribution in [3.8, 4) is 0 Å². The molecule has 0 unspecified atom stereocenters. The van der Waals surface area contributed by atoms with Gasteiger partial charge in [0.15, 0.2) is 9.84 Å². The summed E-state index contributed by atoms with van der Waals surface area (Å²) in [5.74, 6) is -0.284. The average molecular weight is 362 g/mol. The normalized spacial score (nSPS) is 15.2. The second kappa shape index (κ2) is 6.72. The average Bonchev–Trinajstić information content (AvgIpc) is 3.14. The van der Waals surface area contributed by atoms with E-state index in [0.717, 1.165) is 6.26 Å². The fourth-order valence-corrected chi connectivity index (χ4v) is 3.34. The first kappa shape index (κ1) is 17.2. The molecule has 1 fully saturated rings. The minimum absolute atomic E-state index is 0.113. The van der Waals surface area contributed by atoms with E-state index in [9.17, 15) is 18.0 Å². The standard InChI is InChI=1S/C17H18N2O5S/c1-25(22,23)15-4-2-13(3-5-15)16(20)18-7-9-19(10-8-18)17(21)14-6-11-24-12-14/h2-6,11-12H,7-10H2,1H3. The van der Waals surface area contributed by atoms with E-state index in [0.29, 0.717) is 37.3 Å². The van der Waals surface area contributed by atoms with Crippen LogP contribution < -0.4 is 0 Å². The highest BCUT2D eigenvalue weighted by molar-refractivity contribution is 7.90. The van der Waals surface area contributed by atoms with Gasteiger partial charge in [0.2, 0.25) is 0 Å². The Morgan fingerprint density at radius 1 is 0.880 bits per heavy atom. The number of hydrogen-bond acceptors (Lipinski definition) is 5. The fraction of sp³-hybridized carbons (Fsp3) is 0.294. The van der Waals surface area contributed by atoms with E-state index >= 15 is 0 Å². The lowest BCUT2D eigenvalue weighted by Gasteiger charge is -2.34. The molecular weight excluding hydrogens is 344 g/mol. The Morgan fingerprint density at radius 3 is 1.84 bits per heavy atom. The van der Waals surface area contributed by atoms with Crippen LogP contribution >= 0.6 is 0 Å². The van der Waals surface area contributed by atoms with Gasteiger partial charge in [0, 0.05) is 38.0 Å². The smallest absolute Gasteiger partial charge is 0.257 e. The predicted molar refractivity (Wildman–Crippen MR) is 90.1 cm³/mol. The summed E-state index contributed by atoms with van der Waals surface area (Å²) < 4.78 is 27.9. The number of nitrogens with zero attached hydrogens (tertiary/aromatic N) is 2. The van der Waals surface area contributed by atoms with E-state index in [1.54, 1.807) is 15.9 Å². The fourth-order valence-electron chi connectivity index (χ4n) is 2.71. The summed E-state index contributed by atoms with van der Waals surface area (Å²) in [6, 6.07) is 7.51. The molecule has 3 rings (SSSR count). The SMILES string of the molecule is CS(=O)(=O)c1ccc(C(=O)N2CCN(C(=O)c3ccoc3)CC2)cc1. The molecule has 0 N–H and O–H groups in total. The lowest BCUT2D eigenvalue weighted by Crippen LogP contribution is -2.50. The number of hydrogen-bond donors (Lipinski definition) is 0. The summed E-state index contributed by atoms with van der Waals surface area (Å²) in [4.78, 5) is 28.3. The summed E-state index contributed by atoms with van der Waals surface area (Å²) in [5, 5.41) is 0. The van der Waals surface area contributed by atoms with Crippen LogP contribution in [0.3, 0.4) is 0 Å². The van der Waals surface area contributed by atoms with Crippen LogP contribution in [0.15, 0.2) is 52.2 Å². The van der Waals surface area contributed by atoms with Gasteiger partial charge < -0.3 is 14.2 Å². The first-order valence-corrected chi connectivity index (χ1v) is 9.66. The highest BCUT2D eigenvalue weighted by Crippen LogP contribution is 2.15. The molecule has 0 aliphatic carbocycles. The second-order valence-corrected chi connectivity index (χ2v) is 7.91. The third-order valence-electron chi connectivity index (χ3n) is 4.15. The van der Waals surface area contributed by atoms with Crippen LogP contribution in [-0.4, -0.2) is 62.5 Å². The third-order valence-corrected chi connectivity index (χ3v) is 5.28. The molecule has 0 saturated carbocycles. The van der Waals surface area contributed by atoms with Gasteiger partial charge in [-0.05, 0) is 30.3 Å². The maximum absolute atomic E-state index is 12.5. The van der Waals surface area contributed by atoms with E-state index in [2.05, 4.69) is 0 Å². The van der Waals surface area contributed by atoms with Crippen LogP contribution in [0, 0.1) is 0 Å². The molecule has 1 aromatic heterocycles. The molecule has 0 bridgehead atoms. The van der Waals surface area contributed by atoms with Crippen LogP contribution in [-0.2, 0) is 9.84 Å². The van der Waals surface area contributed by atoms with Crippen molar-refractivity contribution in [1.29, 1.82) is 0 Å². The number of piperazine rings is 1. The summed E-state index contributed by atoms with van der Waals surface area (Å²) in [6.07, 6.45) is 3.98. The maximum Gasteiger partial charge on any atom is 0.257 e. The van der Waals surface area contributed by atoms with Crippen molar-refractivity contribution in [2.24, 2.45) is 0 Å². The van der Waals surface area contributed by atoms with E-state index in [4.69, 9.17) is 4.42 Å². The minimum atomic E-state index is -3.29. The van der Waals surface area contributed by atoms with Gasteiger partial charge in [-0.25, -0.2) is 8.42 Å². The molecule has 1 aliphatic rings. The van der Waals surface area contributed by atoms with Gasteiger partial charge in [-0.3, -0.25) is 9.59 Å². The van der Waals surface area contributed by atoms with Crippen LogP contribution in [0.1, 0.15) is 20.7 Å². The van der Waals surface area contributed by atoms with Crippen molar-refractivity contribution < 1.29 is 22.4 Å². The number of benzene rings is 1. The quantitative estimate of drug-likeness (QED) is 0.821. The van der Waals surface area contributed by atoms with E-state index < -0.39 is 9.84 Å². The molecule has 8 heteroatoms. The highest BCUT2D eigenvalue weighted by atomic mass is 32.2. The van der Waals surface area contributed by atoms with Gasteiger partial charge in [0.05, 0.1) is 16.7 Å². The topological polar surface area (TPSA) is 87.9 Å². The molecular formula is C17H18N2O5S. The number of sulfone groups is 1. The number of rotatable bonds is 3. The Labute approximate surface area is 145 Å². The summed E-state index contributed by atoms with van der Waals surface area (Å²) in [5.41, 5.74) is 0.929. The molecule has 1 aromatic carbocycles. The number of carbonyl (C=O) groups is 2. The molecule has 132 valence electrons. The lowest BCUT2D eigenvalue weighted by molar-refractivity contribution is 0.0535. The molecule has 1 saturated heterocycles. The molecule has 2 aromatic rings. The van der Waals surface area contributed by atoms with Crippen molar-refractivity contribution in [2.75, 3.05) is 32.4 Å². The van der Waals surface area contributed by atoms with Crippen molar-refractivity contribution in [3.63, 3.8) is 0 Å². The molecule has 7 nitrogen and oxygen atoms in total. The van der Waals surface area contributed by atoms with Gasteiger partial charge in [0.1, 0.15) is 6.26 Å². The first-order chi connectivity index (χ1) is 11.9. The monoisotopic (exact) mass is 362 g/mol. The largest absolute Gasteiger partial charge is 0.472 e. The van der Waals surface area contributed by atoms with Crippen molar-refractivity contribution >= 4 is 21.7 Å². The van der Waals surface area contributed by atoms with Crippen LogP contribution in [0.2, 0.25) is 0 Å². The zero-order valence-electron chi connectivity index (χ0n) is 13.7. The molecule has 2 amide bonds. The molecule has 0 atom stereocenters. The Bertz CT molecular complexity index is 864. The second-order valence-electron chi connectivity index (χ2n) is 5.89. The van der Waals surface area contributed by atoms with E-state index in [1.807, 2.05) is 0 Å². The van der Waals surface area contributed by atoms with E-state index in [1.165, 1.54) is 36.8 Å². The molecule has 25 heavy (non-hydrogen) atoms. The molecule has 0 spiro atoms. The lowest BCUT2D eigenvalue weighted by atomic mass is 10.1. The predicted octanol–water partition coefficient (Wildman–Crippen LogP) is 1.28. The molecule has 2 heterocycles. The summed E-state index contributed by atoms with van der Waals surface area (Å²) >= 11 is 0. The Morgan fingerprint density at radius 2 is 1.40 bits per heavy atom. The number of furan rings is 1. The van der Waals surface area contributed by atoms with Crippen LogP contribution in [0.4, 0.5) is 0 Å². The van der Waals surface area contributed by atoms with Crippen molar-refractivity contribution in [2.45, 2.75) is 4.90 Å². The Balaban J connectivity index is 1.63. The van der Waals surface area contributed by atoms with Gasteiger partial charge >= 0.3 is 0 Å². The highest BCUT2D eigenvalue weighted by Gasteiger charge is 2.26. The van der Waals surface area contributed by atoms with Crippen molar-refractivity contribution in [1.82, 2.24) is 9.80 Å². The zero-order chi connectivity index (χ0) is 18.0. The van der Waals surface area contributed by atoms with Gasteiger partial charge in [-0.15, -0.1) is 0 Å². The first-order valence-electron chi connectivity index (χ1n) is 7.77. The number of carbonyl (C=O) groups excluding carboxylic acids is 2. The third kappa shape index (κ3) is 3.74. The van der Waals surface area contributed by atoms with Gasteiger partial charge in [0.25, 0.3) is 11.8 Å². The van der Waals surface area contributed by atoms with Crippen LogP contribution in [0.25, 0.3) is 0 Å². The van der Waals surface area contributed by atoms with E-state index in [-0.39, 0.29) is 16.7 Å². The Hall–Kier alpha value is -2.61. The van der Waals surface area contributed by atoms with Gasteiger partial charge in [-0.2, -0.15) is 0 Å². The summed E-state index contributed by atoms with van der Waals surface area (Å²) in [6.45, 7) is 1.74. The minimum Gasteiger partial charge on any atom is -0.472 e. The zero-order valence-corrected chi connectivity index (χ0v) is 14.5. The van der Waals surface area contributed by atoms with Crippen LogP contribution in [0.5, 0.6) is 0 Å². The molecule has 1 aliphatic heterocycles. The summed E-state index contributed by atoms with van der Waals surface area (Å²) in [7, 11) is -3.29.